The Bertz CT molecular complexity index is 1190. The minimum Gasteiger partial charge on any atom is -0.334 e. The Balaban J connectivity index is 1.31. The van der Waals surface area contributed by atoms with Crippen LogP contribution in [-0.2, 0) is 13.0 Å². The molecule has 0 bridgehead atoms. The van der Waals surface area contributed by atoms with E-state index in [0.717, 1.165) is 67.4 Å². The molecule has 1 aromatic carbocycles. The first-order valence-corrected chi connectivity index (χ1v) is 11.1. The highest BCUT2D eigenvalue weighted by molar-refractivity contribution is 5.82. The number of benzene rings is 1. The zero-order valence-electron chi connectivity index (χ0n) is 18.4. The van der Waals surface area contributed by atoms with E-state index in [9.17, 15) is 0 Å². The fraction of sp³-hybridized carbons (Fsp3) is 0.391. The number of H-pyrrole nitrogens is 1. The number of aromatic nitrogens is 5. The number of fused-ring (bicyclic) bond motifs is 1. The van der Waals surface area contributed by atoms with Crippen LogP contribution < -0.4 is 10.6 Å². The lowest BCUT2D eigenvalue weighted by Gasteiger charge is -2.27. The van der Waals surface area contributed by atoms with Crippen LogP contribution >= 0.6 is 0 Å². The summed E-state index contributed by atoms with van der Waals surface area (Å²) in [6, 6.07) is 10.0. The third-order valence-corrected chi connectivity index (χ3v) is 5.47. The van der Waals surface area contributed by atoms with E-state index in [1.807, 2.05) is 24.4 Å². The van der Waals surface area contributed by atoms with E-state index < -0.39 is 0 Å². The summed E-state index contributed by atoms with van der Waals surface area (Å²) in [7, 11) is 0. The monoisotopic (exact) mass is 432 g/mol. The maximum atomic E-state index is 5.45. The molecule has 1 saturated heterocycles. The van der Waals surface area contributed by atoms with Crippen molar-refractivity contribution in [1.82, 2.24) is 35.3 Å². The van der Waals surface area contributed by atoms with Crippen molar-refractivity contribution in [3.05, 3.63) is 47.9 Å². The van der Waals surface area contributed by atoms with Gasteiger partial charge in [-0.15, -0.1) is 0 Å². The van der Waals surface area contributed by atoms with Crippen molar-refractivity contribution >= 4 is 22.8 Å². The SMILES string of the molecule is CC(C)Cc1noc(-c2ccc3nc(Nc4cc(CN5CCNCC5)ccn4)[nH]c3c2)n1. The van der Waals surface area contributed by atoms with Crippen LogP contribution in [0.5, 0.6) is 0 Å². The Morgan fingerprint density at radius 3 is 2.84 bits per heavy atom. The zero-order chi connectivity index (χ0) is 21.9. The number of piperazine rings is 1. The molecule has 166 valence electrons. The van der Waals surface area contributed by atoms with Gasteiger partial charge in [-0.1, -0.05) is 19.0 Å². The smallest absolute Gasteiger partial charge is 0.257 e. The first-order chi connectivity index (χ1) is 15.6. The summed E-state index contributed by atoms with van der Waals surface area (Å²) in [5, 5.41) is 10.8. The van der Waals surface area contributed by atoms with Gasteiger partial charge >= 0.3 is 0 Å². The van der Waals surface area contributed by atoms with E-state index in [1.165, 1.54) is 5.56 Å². The molecule has 3 N–H and O–H groups in total. The number of aromatic amines is 1. The summed E-state index contributed by atoms with van der Waals surface area (Å²) in [4.78, 5) is 19.4. The van der Waals surface area contributed by atoms with Crippen molar-refractivity contribution in [3.8, 4) is 11.5 Å². The first-order valence-electron chi connectivity index (χ1n) is 11.1. The third kappa shape index (κ3) is 4.79. The van der Waals surface area contributed by atoms with E-state index in [-0.39, 0.29) is 0 Å². The van der Waals surface area contributed by atoms with Gasteiger partial charge in [0, 0.05) is 50.9 Å². The van der Waals surface area contributed by atoms with Crippen LogP contribution in [0.4, 0.5) is 11.8 Å². The first kappa shape index (κ1) is 20.6. The highest BCUT2D eigenvalue weighted by atomic mass is 16.5. The average Bonchev–Trinajstić information content (AvgIpc) is 3.40. The lowest BCUT2D eigenvalue weighted by atomic mass is 10.1. The van der Waals surface area contributed by atoms with Crippen LogP contribution in [-0.4, -0.2) is 56.2 Å². The number of imidazole rings is 1. The third-order valence-electron chi connectivity index (χ3n) is 5.47. The van der Waals surface area contributed by atoms with Gasteiger partial charge < -0.3 is 20.1 Å². The van der Waals surface area contributed by atoms with E-state index in [0.29, 0.717) is 17.8 Å². The molecule has 1 fully saturated rings. The van der Waals surface area contributed by atoms with Crippen molar-refractivity contribution in [2.45, 2.75) is 26.8 Å². The molecule has 0 saturated carbocycles. The van der Waals surface area contributed by atoms with Crippen molar-refractivity contribution in [2.24, 2.45) is 5.92 Å². The summed E-state index contributed by atoms with van der Waals surface area (Å²) in [5.74, 6) is 3.15. The van der Waals surface area contributed by atoms with Crippen LogP contribution in [0.2, 0.25) is 0 Å². The average molecular weight is 433 g/mol. The van der Waals surface area contributed by atoms with Crippen LogP contribution in [0, 0.1) is 5.92 Å². The Labute approximate surface area is 186 Å². The molecule has 1 aliphatic rings. The Morgan fingerprint density at radius 1 is 1.12 bits per heavy atom. The molecule has 9 nitrogen and oxygen atoms in total. The summed E-state index contributed by atoms with van der Waals surface area (Å²) in [6.07, 6.45) is 2.63. The Kier molecular flexibility index (Phi) is 5.83. The zero-order valence-corrected chi connectivity index (χ0v) is 18.4. The number of nitrogens with one attached hydrogen (secondary N) is 3. The molecule has 0 radical (unpaired) electrons. The standard InChI is InChI=1S/C23H28N8O/c1-15(2)11-21-28-22(32-30-21)17-3-4-18-19(13-17)27-23(26-18)29-20-12-16(5-6-25-20)14-31-9-7-24-8-10-31/h3-6,12-13,15,24H,7-11,14H2,1-2H3,(H2,25,26,27,29). The second-order valence-electron chi connectivity index (χ2n) is 8.63. The molecule has 4 aromatic rings. The summed E-state index contributed by atoms with van der Waals surface area (Å²) >= 11 is 0. The largest absolute Gasteiger partial charge is 0.334 e. The lowest BCUT2D eigenvalue weighted by molar-refractivity contribution is 0.233. The molecular weight excluding hydrogens is 404 g/mol. The van der Waals surface area contributed by atoms with Crippen LogP contribution in [0.25, 0.3) is 22.5 Å². The van der Waals surface area contributed by atoms with E-state index in [4.69, 9.17) is 4.52 Å². The molecule has 1 aliphatic heterocycles. The van der Waals surface area contributed by atoms with E-state index in [1.54, 1.807) is 0 Å². The van der Waals surface area contributed by atoms with E-state index >= 15 is 0 Å². The molecule has 0 spiro atoms. The summed E-state index contributed by atoms with van der Waals surface area (Å²) in [6.45, 7) is 9.41. The fourth-order valence-electron chi connectivity index (χ4n) is 3.91. The number of nitrogens with zero attached hydrogens (tertiary/aromatic N) is 5. The van der Waals surface area contributed by atoms with Gasteiger partial charge in [-0.2, -0.15) is 4.98 Å². The number of hydrogen-bond donors (Lipinski definition) is 3. The number of pyridine rings is 1. The van der Waals surface area contributed by atoms with Gasteiger partial charge in [0.1, 0.15) is 5.82 Å². The second-order valence-corrected chi connectivity index (χ2v) is 8.63. The molecule has 0 amide bonds. The van der Waals surface area contributed by atoms with Crippen LogP contribution in [0.1, 0.15) is 25.2 Å². The molecule has 32 heavy (non-hydrogen) atoms. The predicted octanol–water partition coefficient (Wildman–Crippen LogP) is 3.36. The number of rotatable bonds is 7. The van der Waals surface area contributed by atoms with Crippen molar-refractivity contribution in [1.29, 1.82) is 0 Å². The fourth-order valence-corrected chi connectivity index (χ4v) is 3.91. The van der Waals surface area contributed by atoms with Gasteiger partial charge in [-0.05, 0) is 41.8 Å². The van der Waals surface area contributed by atoms with Gasteiger partial charge in [0.25, 0.3) is 5.89 Å². The second kappa shape index (κ2) is 9.05. The molecule has 3 aromatic heterocycles. The number of anilines is 2. The molecular formula is C23H28N8O. The van der Waals surface area contributed by atoms with E-state index in [2.05, 4.69) is 66.6 Å². The molecule has 5 rings (SSSR count). The molecule has 9 heteroatoms. The van der Waals surface area contributed by atoms with Crippen molar-refractivity contribution in [3.63, 3.8) is 0 Å². The summed E-state index contributed by atoms with van der Waals surface area (Å²) in [5.41, 5.74) is 3.85. The Hall–Kier alpha value is -3.30. The van der Waals surface area contributed by atoms with Gasteiger partial charge in [0.2, 0.25) is 5.95 Å². The quantitative estimate of drug-likeness (QED) is 0.408. The van der Waals surface area contributed by atoms with Crippen molar-refractivity contribution < 1.29 is 4.52 Å². The molecule has 0 aliphatic carbocycles. The van der Waals surface area contributed by atoms with Gasteiger partial charge in [-0.25, -0.2) is 9.97 Å². The maximum absolute atomic E-state index is 5.45. The van der Waals surface area contributed by atoms with Crippen LogP contribution in [0.15, 0.2) is 41.1 Å². The topological polar surface area (TPSA) is 108 Å². The lowest BCUT2D eigenvalue weighted by Crippen LogP contribution is -2.42. The number of hydrogen-bond acceptors (Lipinski definition) is 8. The van der Waals surface area contributed by atoms with Crippen molar-refractivity contribution in [2.75, 3.05) is 31.5 Å². The Morgan fingerprint density at radius 2 is 2.00 bits per heavy atom. The van der Waals surface area contributed by atoms with Gasteiger partial charge in [-0.3, -0.25) is 4.90 Å². The molecule has 0 unspecified atom stereocenters. The minimum absolute atomic E-state index is 0.480. The maximum Gasteiger partial charge on any atom is 0.257 e. The van der Waals surface area contributed by atoms with Crippen LogP contribution in [0.3, 0.4) is 0 Å². The highest BCUT2D eigenvalue weighted by Gasteiger charge is 2.13. The predicted molar refractivity (Wildman–Crippen MR) is 124 cm³/mol. The normalized spacial score (nSPS) is 15.0. The molecule has 0 atom stereocenters. The minimum atomic E-state index is 0.480. The van der Waals surface area contributed by atoms with Gasteiger partial charge in [0.15, 0.2) is 5.82 Å². The van der Waals surface area contributed by atoms with Gasteiger partial charge in [0.05, 0.1) is 11.0 Å². The summed E-state index contributed by atoms with van der Waals surface area (Å²) < 4.78 is 5.45. The molecule has 4 heterocycles. The highest BCUT2D eigenvalue weighted by Crippen LogP contribution is 2.24.